The summed E-state index contributed by atoms with van der Waals surface area (Å²) < 4.78 is 24.8. The molecule has 0 spiro atoms. The fourth-order valence-electron chi connectivity index (χ4n) is 1.38. The van der Waals surface area contributed by atoms with E-state index in [4.69, 9.17) is 0 Å². The average molecular weight is 198 g/mol. The van der Waals surface area contributed by atoms with Gasteiger partial charge in [-0.2, -0.15) is 0 Å². The van der Waals surface area contributed by atoms with E-state index in [-0.39, 0.29) is 5.75 Å². The maximum absolute atomic E-state index is 11.2. The minimum absolute atomic E-state index is 0.170. The zero-order valence-electron chi connectivity index (χ0n) is 7.24. The molecule has 1 N–H and O–H groups in total. The van der Waals surface area contributed by atoms with E-state index in [1.54, 1.807) is 6.20 Å². The molecule has 0 unspecified atom stereocenters. The normalized spacial score (nSPS) is 18.8. The lowest BCUT2D eigenvalue weighted by Gasteiger charge is -2.17. The van der Waals surface area contributed by atoms with Crippen LogP contribution in [0.15, 0.2) is 12.3 Å². The number of pyridine rings is 1. The Balaban J connectivity index is 2.48. The first kappa shape index (κ1) is 8.50. The molecule has 0 atom stereocenters. The molecule has 2 heterocycles. The minimum atomic E-state index is -3.10. The number of hydrogen-bond acceptors (Lipinski definition) is 3. The molecule has 70 valence electrons. The largest absolute Gasteiger partial charge is 0.282 e. The molecule has 0 fully saturated rings. The Bertz CT molecular complexity index is 439. The lowest BCUT2D eigenvalue weighted by atomic mass is 10.1. The second kappa shape index (κ2) is 2.70. The Morgan fingerprint density at radius 2 is 2.31 bits per heavy atom. The van der Waals surface area contributed by atoms with E-state index < -0.39 is 10.0 Å². The number of aryl methyl sites for hydroxylation is 2. The number of anilines is 1. The van der Waals surface area contributed by atoms with Gasteiger partial charge in [0.25, 0.3) is 0 Å². The van der Waals surface area contributed by atoms with Crippen molar-refractivity contribution in [2.24, 2.45) is 0 Å². The van der Waals surface area contributed by atoms with E-state index in [9.17, 15) is 8.42 Å². The van der Waals surface area contributed by atoms with Gasteiger partial charge in [-0.05, 0) is 25.0 Å². The molecule has 0 radical (unpaired) electrons. The Morgan fingerprint density at radius 3 is 3.08 bits per heavy atom. The van der Waals surface area contributed by atoms with Crippen LogP contribution in [0, 0.1) is 6.92 Å². The molecule has 0 saturated heterocycles. The average Bonchev–Trinajstić information content (AvgIpc) is 2.05. The van der Waals surface area contributed by atoms with Gasteiger partial charge in [-0.1, -0.05) is 0 Å². The quantitative estimate of drug-likeness (QED) is 0.667. The molecule has 5 heteroatoms. The molecule has 1 aliphatic heterocycles. The Morgan fingerprint density at radius 1 is 1.54 bits per heavy atom. The van der Waals surface area contributed by atoms with E-state index in [0.29, 0.717) is 12.1 Å². The molecule has 0 aromatic carbocycles. The van der Waals surface area contributed by atoms with E-state index in [0.717, 1.165) is 11.3 Å². The summed E-state index contributed by atoms with van der Waals surface area (Å²) in [4.78, 5) is 4.03. The maximum atomic E-state index is 11.2. The van der Waals surface area contributed by atoms with Crippen molar-refractivity contribution in [2.45, 2.75) is 13.3 Å². The molecule has 0 amide bonds. The van der Waals surface area contributed by atoms with Crippen LogP contribution in [0.3, 0.4) is 0 Å². The fraction of sp³-hybridized carbons (Fsp3) is 0.375. The second-order valence-corrected chi connectivity index (χ2v) is 5.00. The molecule has 13 heavy (non-hydrogen) atoms. The van der Waals surface area contributed by atoms with Gasteiger partial charge in [0.05, 0.1) is 17.6 Å². The standard InChI is InChI=1S/C8H10N2O2S/c1-6-4-7-2-3-13(11,12)10-8(7)5-9-6/h4-5,10H,2-3H2,1H3. The van der Waals surface area contributed by atoms with Gasteiger partial charge in [-0.3, -0.25) is 9.71 Å². The summed E-state index contributed by atoms with van der Waals surface area (Å²) in [6.45, 7) is 1.89. The summed E-state index contributed by atoms with van der Waals surface area (Å²) >= 11 is 0. The van der Waals surface area contributed by atoms with Crippen molar-refractivity contribution in [1.29, 1.82) is 0 Å². The first-order chi connectivity index (χ1) is 6.07. The monoisotopic (exact) mass is 198 g/mol. The van der Waals surface area contributed by atoms with Gasteiger partial charge in [0.1, 0.15) is 0 Å². The van der Waals surface area contributed by atoms with Gasteiger partial charge in [0.2, 0.25) is 10.0 Å². The van der Waals surface area contributed by atoms with Crippen molar-refractivity contribution in [3.63, 3.8) is 0 Å². The highest BCUT2D eigenvalue weighted by molar-refractivity contribution is 7.92. The van der Waals surface area contributed by atoms with Crippen LogP contribution in [0.25, 0.3) is 0 Å². The topological polar surface area (TPSA) is 59.1 Å². The van der Waals surface area contributed by atoms with E-state index in [1.807, 2.05) is 13.0 Å². The molecule has 0 bridgehead atoms. The molecule has 2 rings (SSSR count). The minimum Gasteiger partial charge on any atom is -0.282 e. The van der Waals surface area contributed by atoms with Crippen LogP contribution in [-0.4, -0.2) is 19.2 Å². The summed E-state index contributed by atoms with van der Waals surface area (Å²) in [5, 5.41) is 0. The number of nitrogens with zero attached hydrogens (tertiary/aromatic N) is 1. The SMILES string of the molecule is Cc1cc2c(cn1)NS(=O)(=O)CC2. The summed E-state index contributed by atoms with van der Waals surface area (Å²) in [7, 11) is -3.10. The van der Waals surface area contributed by atoms with Crippen molar-refractivity contribution in [3.8, 4) is 0 Å². The highest BCUT2D eigenvalue weighted by Crippen LogP contribution is 2.22. The van der Waals surface area contributed by atoms with Crippen molar-refractivity contribution in [3.05, 3.63) is 23.5 Å². The molecule has 0 saturated carbocycles. The highest BCUT2D eigenvalue weighted by atomic mass is 32.2. The van der Waals surface area contributed by atoms with Crippen molar-refractivity contribution in [1.82, 2.24) is 4.98 Å². The van der Waals surface area contributed by atoms with Gasteiger partial charge in [0.15, 0.2) is 0 Å². The van der Waals surface area contributed by atoms with Crippen LogP contribution >= 0.6 is 0 Å². The van der Waals surface area contributed by atoms with Crippen LogP contribution in [0.5, 0.6) is 0 Å². The predicted molar refractivity (Wildman–Crippen MR) is 50.1 cm³/mol. The number of fused-ring (bicyclic) bond motifs is 1. The number of aromatic nitrogens is 1. The predicted octanol–water partition coefficient (Wildman–Crippen LogP) is 0.688. The smallest absolute Gasteiger partial charge is 0.233 e. The lowest BCUT2D eigenvalue weighted by Crippen LogP contribution is -2.24. The Labute approximate surface area is 77.1 Å². The van der Waals surface area contributed by atoms with Crippen molar-refractivity contribution >= 4 is 15.7 Å². The summed E-state index contributed by atoms with van der Waals surface area (Å²) in [6.07, 6.45) is 2.15. The van der Waals surface area contributed by atoms with Gasteiger partial charge < -0.3 is 0 Å². The van der Waals surface area contributed by atoms with Gasteiger partial charge in [-0.15, -0.1) is 0 Å². The third kappa shape index (κ3) is 1.65. The summed E-state index contributed by atoms with van der Waals surface area (Å²) in [5.74, 6) is 0.170. The van der Waals surface area contributed by atoms with E-state index in [1.165, 1.54) is 0 Å². The second-order valence-electron chi connectivity index (χ2n) is 3.15. The van der Waals surface area contributed by atoms with Crippen LogP contribution in [0.4, 0.5) is 5.69 Å². The first-order valence-corrected chi connectivity index (χ1v) is 5.68. The van der Waals surface area contributed by atoms with Crippen molar-refractivity contribution < 1.29 is 8.42 Å². The van der Waals surface area contributed by atoms with Crippen LogP contribution < -0.4 is 4.72 Å². The molecule has 4 nitrogen and oxygen atoms in total. The van der Waals surface area contributed by atoms with Crippen molar-refractivity contribution in [2.75, 3.05) is 10.5 Å². The van der Waals surface area contributed by atoms with Crippen LogP contribution in [-0.2, 0) is 16.4 Å². The number of nitrogens with one attached hydrogen (secondary N) is 1. The third-order valence-corrected chi connectivity index (χ3v) is 3.30. The molecule has 1 aliphatic rings. The zero-order valence-corrected chi connectivity index (χ0v) is 8.06. The summed E-state index contributed by atoms with van der Waals surface area (Å²) in [5.41, 5.74) is 2.57. The van der Waals surface area contributed by atoms with Gasteiger partial charge in [0, 0.05) is 5.69 Å². The molecule has 1 aromatic heterocycles. The first-order valence-electron chi connectivity index (χ1n) is 4.03. The van der Waals surface area contributed by atoms with Crippen LogP contribution in [0.1, 0.15) is 11.3 Å². The molecular weight excluding hydrogens is 188 g/mol. The maximum Gasteiger partial charge on any atom is 0.233 e. The van der Waals surface area contributed by atoms with Gasteiger partial charge >= 0.3 is 0 Å². The van der Waals surface area contributed by atoms with E-state index >= 15 is 0 Å². The fourth-order valence-corrected chi connectivity index (χ4v) is 2.49. The van der Waals surface area contributed by atoms with Crippen LogP contribution in [0.2, 0.25) is 0 Å². The molecular formula is C8H10N2O2S. The highest BCUT2D eigenvalue weighted by Gasteiger charge is 2.19. The third-order valence-electron chi connectivity index (χ3n) is 2.03. The summed E-state index contributed by atoms with van der Waals surface area (Å²) in [6, 6.07) is 1.91. The molecule has 1 aromatic rings. The Kier molecular flexibility index (Phi) is 1.76. The zero-order chi connectivity index (χ0) is 9.47. The number of rotatable bonds is 0. The number of hydrogen-bond donors (Lipinski definition) is 1. The van der Waals surface area contributed by atoms with Gasteiger partial charge in [-0.25, -0.2) is 8.42 Å². The Hall–Kier alpha value is -1.10. The number of sulfonamides is 1. The lowest BCUT2D eigenvalue weighted by molar-refractivity contribution is 0.599. The molecule has 0 aliphatic carbocycles. The van der Waals surface area contributed by atoms with E-state index in [2.05, 4.69) is 9.71 Å².